The Morgan fingerprint density at radius 3 is 2.00 bits per heavy atom. The Labute approximate surface area is 151 Å². The van der Waals surface area contributed by atoms with Crippen LogP contribution >= 0.6 is 0 Å². The van der Waals surface area contributed by atoms with Crippen molar-refractivity contribution >= 4 is 11.9 Å². The largest absolute Gasteiger partial charge is 0.497 e. The van der Waals surface area contributed by atoms with Crippen LogP contribution in [0.25, 0.3) is 0 Å². The summed E-state index contributed by atoms with van der Waals surface area (Å²) in [5.41, 5.74) is 0.693. The number of methoxy groups -OCH3 is 1. The second-order valence-electron chi connectivity index (χ2n) is 5.10. The van der Waals surface area contributed by atoms with Gasteiger partial charge in [-0.15, -0.1) is 6.42 Å². The van der Waals surface area contributed by atoms with Crippen LogP contribution in [-0.2, 0) is 4.74 Å². The highest BCUT2D eigenvalue weighted by Crippen LogP contribution is 2.17. The molecule has 0 amide bonds. The van der Waals surface area contributed by atoms with Gasteiger partial charge in [0.25, 0.3) is 0 Å². The standard InChI is InChI=1S/C21H16O5/c1-4-5-6-15(2)25-20(22)16-9-13-19(14-10-16)26-21(23)17-7-11-18(24-3)12-8-17/h1,7-15H,2-3H3. The number of ether oxygens (including phenoxy) is 3. The maximum absolute atomic E-state index is 12.1. The molecule has 0 heterocycles. The van der Waals surface area contributed by atoms with Gasteiger partial charge < -0.3 is 14.2 Å². The molecule has 0 aliphatic rings. The fourth-order valence-electron chi connectivity index (χ4n) is 1.95. The molecule has 5 heteroatoms. The average Bonchev–Trinajstić information content (AvgIpc) is 2.66. The molecule has 2 aromatic rings. The molecule has 2 aromatic carbocycles. The maximum Gasteiger partial charge on any atom is 0.343 e. The molecule has 5 nitrogen and oxygen atoms in total. The minimum absolute atomic E-state index is 0.308. The van der Waals surface area contributed by atoms with Crippen LogP contribution in [0, 0.1) is 24.2 Å². The number of carbonyl (C=O) groups excluding carboxylic acids is 2. The van der Waals surface area contributed by atoms with Gasteiger partial charge in [0.15, 0.2) is 6.10 Å². The third kappa shape index (κ3) is 5.15. The number of hydrogen-bond donors (Lipinski definition) is 0. The van der Waals surface area contributed by atoms with Crippen molar-refractivity contribution < 1.29 is 23.8 Å². The van der Waals surface area contributed by atoms with Gasteiger partial charge in [-0.05, 0) is 73.2 Å². The highest BCUT2D eigenvalue weighted by Gasteiger charge is 2.12. The predicted octanol–water partition coefficient (Wildman–Crippen LogP) is 3.10. The summed E-state index contributed by atoms with van der Waals surface area (Å²) in [4.78, 5) is 24.1. The summed E-state index contributed by atoms with van der Waals surface area (Å²) in [6, 6.07) is 12.6. The van der Waals surface area contributed by atoms with Gasteiger partial charge in [0.05, 0.1) is 18.2 Å². The molecule has 0 N–H and O–H groups in total. The van der Waals surface area contributed by atoms with Gasteiger partial charge in [-0.3, -0.25) is 0 Å². The van der Waals surface area contributed by atoms with Crippen molar-refractivity contribution in [3.63, 3.8) is 0 Å². The quantitative estimate of drug-likeness (QED) is 0.472. The van der Waals surface area contributed by atoms with Gasteiger partial charge in [-0.25, -0.2) is 9.59 Å². The number of carbonyl (C=O) groups is 2. The molecule has 1 atom stereocenters. The SMILES string of the molecule is C#CC#CC(C)OC(=O)c1ccc(OC(=O)c2ccc(OC)cc2)cc1. The molecule has 130 valence electrons. The van der Waals surface area contributed by atoms with Crippen LogP contribution in [0.3, 0.4) is 0 Å². The first kappa shape index (κ1) is 18.6. The topological polar surface area (TPSA) is 61.8 Å². The van der Waals surface area contributed by atoms with Crippen LogP contribution in [0.5, 0.6) is 11.5 Å². The summed E-state index contributed by atoms with van der Waals surface area (Å²) in [5, 5.41) is 0. The molecule has 0 bridgehead atoms. The zero-order valence-electron chi connectivity index (χ0n) is 14.3. The Morgan fingerprint density at radius 1 is 0.923 bits per heavy atom. The number of terminal acetylenes is 1. The normalized spacial score (nSPS) is 10.5. The smallest absolute Gasteiger partial charge is 0.343 e. The van der Waals surface area contributed by atoms with E-state index < -0.39 is 18.0 Å². The minimum atomic E-state index is -0.619. The number of benzene rings is 2. The van der Waals surface area contributed by atoms with E-state index in [1.807, 2.05) is 0 Å². The van der Waals surface area contributed by atoms with Gasteiger partial charge in [-0.1, -0.05) is 0 Å². The van der Waals surface area contributed by atoms with Crippen LogP contribution in [0.2, 0.25) is 0 Å². The summed E-state index contributed by atoms with van der Waals surface area (Å²) in [6.45, 7) is 1.62. The van der Waals surface area contributed by atoms with E-state index in [1.54, 1.807) is 38.3 Å². The van der Waals surface area contributed by atoms with E-state index in [0.717, 1.165) is 0 Å². The van der Waals surface area contributed by atoms with Crippen LogP contribution in [0.15, 0.2) is 48.5 Å². The second-order valence-corrected chi connectivity index (χ2v) is 5.10. The summed E-state index contributed by atoms with van der Waals surface area (Å²) in [5.74, 6) is 7.03. The first-order chi connectivity index (χ1) is 12.5. The van der Waals surface area contributed by atoms with Gasteiger partial charge in [-0.2, -0.15) is 0 Å². The molecular formula is C21H16O5. The Bertz CT molecular complexity index is 877. The maximum atomic E-state index is 12.1. The highest BCUT2D eigenvalue weighted by atomic mass is 16.5. The predicted molar refractivity (Wildman–Crippen MR) is 95.9 cm³/mol. The van der Waals surface area contributed by atoms with E-state index in [2.05, 4.69) is 17.8 Å². The Morgan fingerprint density at radius 2 is 1.46 bits per heavy atom. The monoisotopic (exact) mass is 348 g/mol. The van der Waals surface area contributed by atoms with Crippen molar-refractivity contribution in [3.8, 4) is 35.7 Å². The van der Waals surface area contributed by atoms with Crippen molar-refractivity contribution in [2.75, 3.05) is 7.11 Å². The molecule has 0 radical (unpaired) electrons. The minimum Gasteiger partial charge on any atom is -0.497 e. The Balaban J connectivity index is 1.99. The Hall–Kier alpha value is -3.70. The van der Waals surface area contributed by atoms with Crippen molar-refractivity contribution in [2.24, 2.45) is 0 Å². The van der Waals surface area contributed by atoms with Crippen molar-refractivity contribution in [1.29, 1.82) is 0 Å². The van der Waals surface area contributed by atoms with Crippen LogP contribution in [-0.4, -0.2) is 25.2 Å². The zero-order valence-corrected chi connectivity index (χ0v) is 14.3. The lowest BCUT2D eigenvalue weighted by molar-refractivity contribution is 0.0438. The van der Waals surface area contributed by atoms with Crippen LogP contribution < -0.4 is 9.47 Å². The van der Waals surface area contributed by atoms with E-state index in [4.69, 9.17) is 20.6 Å². The van der Waals surface area contributed by atoms with E-state index in [-0.39, 0.29) is 0 Å². The third-order valence-electron chi connectivity index (χ3n) is 3.26. The van der Waals surface area contributed by atoms with E-state index in [0.29, 0.717) is 22.6 Å². The molecule has 0 saturated carbocycles. The lowest BCUT2D eigenvalue weighted by Crippen LogP contribution is -2.13. The van der Waals surface area contributed by atoms with Gasteiger partial charge >= 0.3 is 11.9 Å². The second kappa shape index (κ2) is 8.96. The molecule has 0 aromatic heterocycles. The molecule has 0 aliphatic heterocycles. The fraction of sp³-hybridized carbons (Fsp3) is 0.143. The van der Waals surface area contributed by atoms with Gasteiger partial charge in [0.1, 0.15) is 11.5 Å². The summed E-state index contributed by atoms with van der Waals surface area (Å²) < 4.78 is 15.4. The summed E-state index contributed by atoms with van der Waals surface area (Å²) in [7, 11) is 1.54. The zero-order chi connectivity index (χ0) is 18.9. The lowest BCUT2D eigenvalue weighted by Gasteiger charge is -2.08. The first-order valence-corrected chi connectivity index (χ1v) is 7.67. The van der Waals surface area contributed by atoms with Gasteiger partial charge in [0.2, 0.25) is 0 Å². The van der Waals surface area contributed by atoms with Crippen molar-refractivity contribution in [3.05, 3.63) is 59.7 Å². The Kier molecular flexibility index (Phi) is 6.42. The van der Waals surface area contributed by atoms with E-state index in [1.165, 1.54) is 24.3 Å². The van der Waals surface area contributed by atoms with E-state index in [9.17, 15) is 9.59 Å². The van der Waals surface area contributed by atoms with Crippen molar-refractivity contribution in [2.45, 2.75) is 13.0 Å². The van der Waals surface area contributed by atoms with E-state index >= 15 is 0 Å². The number of esters is 2. The average molecular weight is 348 g/mol. The summed E-state index contributed by atoms with van der Waals surface area (Å²) in [6.07, 6.45) is 4.40. The van der Waals surface area contributed by atoms with Gasteiger partial charge in [0, 0.05) is 0 Å². The third-order valence-corrected chi connectivity index (χ3v) is 3.26. The molecule has 0 aliphatic carbocycles. The highest BCUT2D eigenvalue weighted by molar-refractivity contribution is 5.92. The lowest BCUT2D eigenvalue weighted by atomic mass is 10.2. The number of hydrogen-bond acceptors (Lipinski definition) is 5. The first-order valence-electron chi connectivity index (χ1n) is 7.67. The molecule has 1 unspecified atom stereocenters. The molecule has 0 saturated heterocycles. The molecule has 0 spiro atoms. The van der Waals surface area contributed by atoms with Crippen molar-refractivity contribution in [1.82, 2.24) is 0 Å². The molecule has 26 heavy (non-hydrogen) atoms. The number of rotatable bonds is 5. The fourth-order valence-corrected chi connectivity index (χ4v) is 1.95. The summed E-state index contributed by atoms with van der Waals surface area (Å²) >= 11 is 0. The van der Waals surface area contributed by atoms with Crippen LogP contribution in [0.1, 0.15) is 27.6 Å². The molecular weight excluding hydrogens is 332 g/mol. The molecule has 0 fully saturated rings. The van der Waals surface area contributed by atoms with Crippen LogP contribution in [0.4, 0.5) is 0 Å². The molecule has 2 rings (SSSR count).